The first-order valence-electron chi connectivity index (χ1n) is 6.24. The van der Waals surface area contributed by atoms with Crippen molar-refractivity contribution in [2.24, 2.45) is 0 Å². The number of benzene rings is 1. The van der Waals surface area contributed by atoms with Gasteiger partial charge in [-0.15, -0.1) is 0 Å². The fourth-order valence-electron chi connectivity index (χ4n) is 1.94. The van der Waals surface area contributed by atoms with E-state index in [9.17, 15) is 9.59 Å². The molecule has 1 aromatic rings. The van der Waals surface area contributed by atoms with Crippen molar-refractivity contribution < 1.29 is 19.4 Å². The van der Waals surface area contributed by atoms with Gasteiger partial charge in [0, 0.05) is 11.6 Å². The van der Waals surface area contributed by atoms with Gasteiger partial charge in [0.15, 0.2) is 6.61 Å². The molecule has 0 spiro atoms. The summed E-state index contributed by atoms with van der Waals surface area (Å²) in [6.45, 7) is 3.23. The van der Waals surface area contributed by atoms with E-state index in [2.05, 4.69) is 5.32 Å². The van der Waals surface area contributed by atoms with Crippen molar-refractivity contribution in [3.05, 3.63) is 28.8 Å². The summed E-state index contributed by atoms with van der Waals surface area (Å²) in [4.78, 5) is 22.4. The lowest BCUT2D eigenvalue weighted by Crippen LogP contribution is -2.25. The zero-order valence-electron chi connectivity index (χ0n) is 11.0. The predicted octanol–water partition coefficient (Wildman–Crippen LogP) is 1.66. The monoisotopic (exact) mass is 263 g/mol. The number of carbonyl (C=O) groups excluding carboxylic acids is 1. The molecule has 0 unspecified atom stereocenters. The number of hydrogen-bond acceptors (Lipinski definition) is 3. The van der Waals surface area contributed by atoms with Crippen LogP contribution in [0.2, 0.25) is 0 Å². The highest BCUT2D eigenvalue weighted by atomic mass is 16.5. The molecule has 0 bridgehead atoms. The molecule has 0 saturated heterocycles. The quantitative estimate of drug-likeness (QED) is 0.847. The predicted molar refractivity (Wildman–Crippen MR) is 69.5 cm³/mol. The first-order valence-corrected chi connectivity index (χ1v) is 6.24. The summed E-state index contributed by atoms with van der Waals surface area (Å²) in [6.07, 6.45) is 2.09. The lowest BCUT2D eigenvalue weighted by atomic mass is 10.1. The summed E-state index contributed by atoms with van der Waals surface area (Å²) in [5.74, 6) is -0.571. The van der Waals surface area contributed by atoms with Crippen LogP contribution in [-0.2, 0) is 4.79 Å². The molecule has 1 amide bonds. The normalized spacial score (nSPS) is 14.0. The molecule has 5 nitrogen and oxygen atoms in total. The Balaban J connectivity index is 2.15. The average Bonchev–Trinajstić information content (AvgIpc) is 3.11. The number of amides is 1. The van der Waals surface area contributed by atoms with Crippen LogP contribution in [0.5, 0.6) is 5.75 Å². The second-order valence-corrected chi connectivity index (χ2v) is 4.87. The average molecular weight is 263 g/mol. The highest BCUT2D eigenvalue weighted by molar-refractivity contribution is 5.95. The summed E-state index contributed by atoms with van der Waals surface area (Å²) in [5, 5.41) is 11.5. The number of carboxylic acid groups (broad SMARTS) is 1. The summed E-state index contributed by atoms with van der Waals surface area (Å²) < 4.78 is 5.23. The van der Waals surface area contributed by atoms with E-state index >= 15 is 0 Å². The Morgan fingerprint density at radius 1 is 1.32 bits per heavy atom. The number of aliphatic carboxylic acids is 1. The maximum absolute atomic E-state index is 11.9. The molecule has 0 aromatic heterocycles. The van der Waals surface area contributed by atoms with Crippen LogP contribution in [0.15, 0.2) is 12.1 Å². The van der Waals surface area contributed by atoms with Crippen LogP contribution in [0.3, 0.4) is 0 Å². The number of carbonyl (C=O) groups is 2. The van der Waals surface area contributed by atoms with E-state index < -0.39 is 5.97 Å². The Bertz CT molecular complexity index is 497. The van der Waals surface area contributed by atoms with Gasteiger partial charge in [-0.25, -0.2) is 4.79 Å². The fourth-order valence-corrected chi connectivity index (χ4v) is 1.94. The third-order valence-electron chi connectivity index (χ3n) is 2.98. The first-order chi connectivity index (χ1) is 8.97. The van der Waals surface area contributed by atoms with Crippen molar-refractivity contribution in [1.82, 2.24) is 5.32 Å². The van der Waals surface area contributed by atoms with E-state index in [0.29, 0.717) is 17.4 Å². The first kappa shape index (κ1) is 13.4. The molecule has 0 heterocycles. The summed E-state index contributed by atoms with van der Waals surface area (Å²) in [6, 6.07) is 3.76. The molecule has 2 N–H and O–H groups in total. The molecule has 1 aromatic carbocycles. The van der Waals surface area contributed by atoms with Crippen LogP contribution in [0, 0.1) is 13.8 Å². The molecule has 1 aliphatic rings. The number of nitrogens with one attached hydrogen (secondary N) is 1. The molecule has 102 valence electrons. The number of carboxylic acids is 1. The van der Waals surface area contributed by atoms with E-state index in [0.717, 1.165) is 24.0 Å². The number of hydrogen-bond donors (Lipinski definition) is 2. The Labute approximate surface area is 111 Å². The largest absolute Gasteiger partial charge is 0.481 e. The Morgan fingerprint density at radius 3 is 2.37 bits per heavy atom. The minimum Gasteiger partial charge on any atom is -0.481 e. The molecule has 1 fully saturated rings. The highest BCUT2D eigenvalue weighted by Gasteiger charge is 2.24. The summed E-state index contributed by atoms with van der Waals surface area (Å²) >= 11 is 0. The van der Waals surface area contributed by atoms with Gasteiger partial charge in [0.05, 0.1) is 0 Å². The minimum absolute atomic E-state index is 0.0847. The maximum atomic E-state index is 11.9. The summed E-state index contributed by atoms with van der Waals surface area (Å²) in [7, 11) is 0. The highest BCUT2D eigenvalue weighted by Crippen LogP contribution is 2.26. The van der Waals surface area contributed by atoms with Crippen LogP contribution in [-0.4, -0.2) is 29.6 Å². The zero-order chi connectivity index (χ0) is 14.0. The van der Waals surface area contributed by atoms with Gasteiger partial charge in [-0.05, 0) is 49.9 Å². The van der Waals surface area contributed by atoms with Gasteiger partial charge in [-0.2, -0.15) is 0 Å². The van der Waals surface area contributed by atoms with E-state index in [-0.39, 0.29) is 12.5 Å². The molecule has 5 heteroatoms. The Hall–Kier alpha value is -2.04. The minimum atomic E-state index is -1.02. The molecule has 0 aliphatic heterocycles. The van der Waals surface area contributed by atoms with E-state index in [4.69, 9.17) is 9.84 Å². The van der Waals surface area contributed by atoms with E-state index in [1.54, 1.807) is 26.0 Å². The maximum Gasteiger partial charge on any atom is 0.341 e. The van der Waals surface area contributed by atoms with Crippen LogP contribution in [0.4, 0.5) is 0 Å². The van der Waals surface area contributed by atoms with Gasteiger partial charge in [-0.3, -0.25) is 4.79 Å². The topological polar surface area (TPSA) is 75.6 Å². The van der Waals surface area contributed by atoms with Crippen molar-refractivity contribution in [3.8, 4) is 5.75 Å². The van der Waals surface area contributed by atoms with Gasteiger partial charge in [0.2, 0.25) is 0 Å². The molecule has 1 saturated carbocycles. The second kappa shape index (κ2) is 5.30. The number of aryl methyl sites for hydroxylation is 2. The van der Waals surface area contributed by atoms with Gasteiger partial charge >= 0.3 is 5.97 Å². The van der Waals surface area contributed by atoms with Crippen LogP contribution in [0.25, 0.3) is 0 Å². The number of rotatable bonds is 5. The van der Waals surface area contributed by atoms with Crippen LogP contribution >= 0.6 is 0 Å². The van der Waals surface area contributed by atoms with Crippen molar-refractivity contribution in [3.63, 3.8) is 0 Å². The second-order valence-electron chi connectivity index (χ2n) is 4.87. The number of ether oxygens (including phenoxy) is 1. The molecule has 2 rings (SSSR count). The standard InChI is InChI=1S/C14H17NO4/c1-8-5-10(14(18)15-11-3-4-11)6-9(2)13(8)19-7-12(16)17/h5-6,11H,3-4,7H2,1-2H3,(H,15,18)(H,16,17). The Morgan fingerprint density at radius 2 is 1.89 bits per heavy atom. The molecule has 0 radical (unpaired) electrons. The van der Waals surface area contributed by atoms with Crippen LogP contribution in [0.1, 0.15) is 34.3 Å². The van der Waals surface area contributed by atoms with Gasteiger partial charge in [0.1, 0.15) is 5.75 Å². The van der Waals surface area contributed by atoms with Gasteiger partial charge in [0.25, 0.3) is 5.91 Å². The third-order valence-corrected chi connectivity index (χ3v) is 2.98. The summed E-state index contributed by atoms with van der Waals surface area (Å²) in [5.41, 5.74) is 2.12. The molecular formula is C14H17NO4. The lowest BCUT2D eigenvalue weighted by Gasteiger charge is -2.12. The third kappa shape index (κ3) is 3.47. The van der Waals surface area contributed by atoms with Crippen LogP contribution < -0.4 is 10.1 Å². The fraction of sp³-hybridized carbons (Fsp3) is 0.429. The van der Waals surface area contributed by atoms with Crippen molar-refractivity contribution >= 4 is 11.9 Å². The Kier molecular flexibility index (Phi) is 3.74. The van der Waals surface area contributed by atoms with Gasteiger partial charge in [-0.1, -0.05) is 0 Å². The van der Waals surface area contributed by atoms with Crippen molar-refractivity contribution in [2.75, 3.05) is 6.61 Å². The van der Waals surface area contributed by atoms with Crippen molar-refractivity contribution in [1.29, 1.82) is 0 Å². The van der Waals surface area contributed by atoms with E-state index in [1.807, 2.05) is 0 Å². The van der Waals surface area contributed by atoms with Crippen molar-refractivity contribution in [2.45, 2.75) is 32.7 Å². The smallest absolute Gasteiger partial charge is 0.341 e. The SMILES string of the molecule is Cc1cc(C(=O)NC2CC2)cc(C)c1OCC(=O)O. The molecule has 0 atom stereocenters. The van der Waals surface area contributed by atoms with E-state index in [1.165, 1.54) is 0 Å². The molecule has 1 aliphatic carbocycles. The zero-order valence-corrected chi connectivity index (χ0v) is 11.0. The lowest BCUT2D eigenvalue weighted by molar-refractivity contribution is -0.139. The van der Waals surface area contributed by atoms with Gasteiger partial charge < -0.3 is 15.2 Å². The molecular weight excluding hydrogens is 246 g/mol. The molecule has 19 heavy (non-hydrogen) atoms.